The predicted octanol–water partition coefficient (Wildman–Crippen LogP) is 2.07. The van der Waals surface area contributed by atoms with Gasteiger partial charge in [-0.2, -0.15) is 15.0 Å². The van der Waals surface area contributed by atoms with E-state index in [-0.39, 0.29) is 0 Å². The Bertz CT molecular complexity index is 485. The fourth-order valence-electron chi connectivity index (χ4n) is 3.61. The lowest BCUT2D eigenvalue weighted by Gasteiger charge is -2.36. The molecule has 0 bridgehead atoms. The molecule has 1 saturated heterocycles. The van der Waals surface area contributed by atoms with Crippen LogP contribution in [0.3, 0.4) is 0 Å². The lowest BCUT2D eigenvalue weighted by Crippen LogP contribution is -2.40. The van der Waals surface area contributed by atoms with Crippen LogP contribution in [0.1, 0.15) is 45.4 Å². The van der Waals surface area contributed by atoms with Gasteiger partial charge in [-0.3, -0.25) is 0 Å². The Balaban J connectivity index is 1.83. The van der Waals surface area contributed by atoms with E-state index < -0.39 is 0 Å². The summed E-state index contributed by atoms with van der Waals surface area (Å²) in [5.41, 5.74) is 5.91. The second-order valence-corrected chi connectivity index (χ2v) is 6.43. The molecule has 1 aromatic rings. The molecule has 2 atom stereocenters. The molecule has 1 aliphatic carbocycles. The van der Waals surface area contributed by atoms with Gasteiger partial charge in [0, 0.05) is 26.2 Å². The minimum atomic E-state index is 0.331. The zero-order chi connectivity index (χ0) is 14.8. The molecule has 1 aliphatic heterocycles. The number of hydrogen-bond acceptors (Lipinski definition) is 6. The molecule has 116 valence electrons. The Morgan fingerprint density at radius 3 is 2.48 bits per heavy atom. The summed E-state index contributed by atoms with van der Waals surface area (Å²) >= 11 is 0. The van der Waals surface area contributed by atoms with E-state index in [1.54, 1.807) is 0 Å². The minimum absolute atomic E-state index is 0.331. The maximum Gasteiger partial charge on any atom is 0.231 e. The lowest BCUT2D eigenvalue weighted by atomic mass is 9.85. The Morgan fingerprint density at radius 2 is 1.76 bits per heavy atom. The Hall–Kier alpha value is -1.59. The number of nitrogens with two attached hydrogens (primary N) is 1. The van der Waals surface area contributed by atoms with Gasteiger partial charge in [-0.05, 0) is 31.6 Å². The first kappa shape index (κ1) is 14.4. The number of hydrogen-bond donors (Lipinski definition) is 1. The summed E-state index contributed by atoms with van der Waals surface area (Å²) in [5, 5.41) is 0. The van der Waals surface area contributed by atoms with Gasteiger partial charge < -0.3 is 15.5 Å². The second kappa shape index (κ2) is 6.03. The van der Waals surface area contributed by atoms with E-state index in [9.17, 15) is 0 Å². The number of nitrogens with zero attached hydrogens (tertiary/aromatic N) is 5. The molecule has 6 nitrogen and oxygen atoms in total. The van der Waals surface area contributed by atoms with Crippen LogP contribution in [-0.4, -0.2) is 41.1 Å². The van der Waals surface area contributed by atoms with Crippen LogP contribution < -0.4 is 15.5 Å². The zero-order valence-corrected chi connectivity index (χ0v) is 13.1. The predicted molar refractivity (Wildman–Crippen MR) is 85.5 cm³/mol. The highest BCUT2D eigenvalue weighted by Gasteiger charge is 2.27. The van der Waals surface area contributed by atoms with E-state index >= 15 is 0 Å². The van der Waals surface area contributed by atoms with Crippen molar-refractivity contribution < 1.29 is 0 Å². The summed E-state index contributed by atoms with van der Waals surface area (Å²) in [5.74, 6) is 2.47. The molecule has 2 unspecified atom stereocenters. The highest BCUT2D eigenvalue weighted by molar-refractivity contribution is 5.44. The van der Waals surface area contributed by atoms with E-state index in [0.717, 1.165) is 25.0 Å². The lowest BCUT2D eigenvalue weighted by molar-refractivity contribution is 0.319. The van der Waals surface area contributed by atoms with Gasteiger partial charge >= 0.3 is 0 Å². The van der Waals surface area contributed by atoms with E-state index in [1.807, 2.05) is 0 Å². The largest absolute Gasteiger partial charge is 0.368 e. The van der Waals surface area contributed by atoms with Gasteiger partial charge in [-0.1, -0.05) is 19.8 Å². The maximum absolute atomic E-state index is 5.91. The average molecular weight is 290 g/mol. The quantitative estimate of drug-likeness (QED) is 0.919. The van der Waals surface area contributed by atoms with Gasteiger partial charge in [0.1, 0.15) is 0 Å². The SMILES string of the molecule is CC1CCCCC1N(C)c1nc(N)nc(N2CCCC2)n1. The summed E-state index contributed by atoms with van der Waals surface area (Å²) in [6.45, 7) is 4.37. The van der Waals surface area contributed by atoms with Crippen molar-refractivity contribution >= 4 is 17.8 Å². The molecule has 3 rings (SSSR count). The second-order valence-electron chi connectivity index (χ2n) is 6.43. The monoisotopic (exact) mass is 290 g/mol. The molecule has 2 N–H and O–H groups in total. The van der Waals surface area contributed by atoms with Gasteiger partial charge in [0.2, 0.25) is 17.8 Å². The Kier molecular flexibility index (Phi) is 4.12. The van der Waals surface area contributed by atoms with Crippen molar-refractivity contribution in [2.45, 2.75) is 51.5 Å². The normalized spacial score (nSPS) is 26.1. The van der Waals surface area contributed by atoms with E-state index in [4.69, 9.17) is 5.73 Å². The molecular weight excluding hydrogens is 264 g/mol. The first-order valence-electron chi connectivity index (χ1n) is 8.14. The molecular formula is C15H26N6. The molecule has 0 amide bonds. The van der Waals surface area contributed by atoms with Crippen molar-refractivity contribution in [3.63, 3.8) is 0 Å². The van der Waals surface area contributed by atoms with E-state index in [2.05, 4.69) is 38.7 Å². The first-order chi connectivity index (χ1) is 10.1. The van der Waals surface area contributed by atoms with Crippen molar-refractivity contribution in [1.82, 2.24) is 15.0 Å². The number of rotatable bonds is 3. The van der Waals surface area contributed by atoms with Gasteiger partial charge in [0.25, 0.3) is 0 Å². The number of aromatic nitrogens is 3. The molecule has 2 aliphatic rings. The summed E-state index contributed by atoms with van der Waals surface area (Å²) in [6, 6.07) is 0.506. The van der Waals surface area contributed by atoms with E-state index in [1.165, 1.54) is 38.5 Å². The highest BCUT2D eigenvalue weighted by Crippen LogP contribution is 2.30. The number of nitrogen functional groups attached to an aromatic ring is 1. The fourth-order valence-corrected chi connectivity index (χ4v) is 3.61. The fraction of sp³-hybridized carbons (Fsp3) is 0.800. The molecule has 2 heterocycles. The summed E-state index contributed by atoms with van der Waals surface area (Å²) < 4.78 is 0. The smallest absolute Gasteiger partial charge is 0.231 e. The molecule has 1 saturated carbocycles. The molecule has 0 radical (unpaired) electrons. The summed E-state index contributed by atoms with van der Waals surface area (Å²) in [4.78, 5) is 17.8. The van der Waals surface area contributed by atoms with Crippen LogP contribution in [0.15, 0.2) is 0 Å². The van der Waals surface area contributed by atoms with E-state index in [0.29, 0.717) is 17.9 Å². The van der Waals surface area contributed by atoms with Crippen molar-refractivity contribution in [3.05, 3.63) is 0 Å². The summed E-state index contributed by atoms with van der Waals surface area (Å²) in [6.07, 6.45) is 7.53. The van der Waals surface area contributed by atoms with Crippen molar-refractivity contribution in [2.24, 2.45) is 5.92 Å². The first-order valence-corrected chi connectivity index (χ1v) is 8.14. The van der Waals surface area contributed by atoms with Gasteiger partial charge in [0.15, 0.2) is 0 Å². The Morgan fingerprint density at radius 1 is 1.05 bits per heavy atom. The third-order valence-electron chi connectivity index (χ3n) is 4.90. The molecule has 6 heteroatoms. The van der Waals surface area contributed by atoms with Crippen LogP contribution >= 0.6 is 0 Å². The van der Waals surface area contributed by atoms with Crippen LogP contribution in [0.25, 0.3) is 0 Å². The molecule has 21 heavy (non-hydrogen) atoms. The third-order valence-corrected chi connectivity index (χ3v) is 4.90. The van der Waals surface area contributed by atoms with Crippen LogP contribution in [0.4, 0.5) is 17.8 Å². The number of anilines is 3. The topological polar surface area (TPSA) is 71.2 Å². The Labute approximate surface area is 126 Å². The minimum Gasteiger partial charge on any atom is -0.368 e. The molecule has 2 fully saturated rings. The molecule has 0 aromatic carbocycles. The third kappa shape index (κ3) is 3.04. The van der Waals surface area contributed by atoms with Crippen LogP contribution in [0.2, 0.25) is 0 Å². The zero-order valence-electron chi connectivity index (χ0n) is 13.1. The molecule has 1 aromatic heterocycles. The highest BCUT2D eigenvalue weighted by atomic mass is 15.4. The van der Waals surface area contributed by atoms with Crippen molar-refractivity contribution in [1.29, 1.82) is 0 Å². The van der Waals surface area contributed by atoms with Crippen molar-refractivity contribution in [2.75, 3.05) is 35.7 Å². The van der Waals surface area contributed by atoms with Crippen LogP contribution in [0.5, 0.6) is 0 Å². The van der Waals surface area contributed by atoms with Gasteiger partial charge in [0.05, 0.1) is 0 Å². The van der Waals surface area contributed by atoms with Crippen LogP contribution in [0, 0.1) is 5.92 Å². The van der Waals surface area contributed by atoms with Crippen LogP contribution in [-0.2, 0) is 0 Å². The maximum atomic E-state index is 5.91. The van der Waals surface area contributed by atoms with Gasteiger partial charge in [-0.15, -0.1) is 0 Å². The molecule has 0 spiro atoms. The van der Waals surface area contributed by atoms with Crippen molar-refractivity contribution in [3.8, 4) is 0 Å². The van der Waals surface area contributed by atoms with Gasteiger partial charge in [-0.25, -0.2) is 0 Å². The standard InChI is InChI=1S/C15H26N6/c1-11-7-3-4-8-12(11)20(2)14-17-13(16)18-15(19-14)21-9-5-6-10-21/h11-12H,3-10H2,1-2H3,(H2,16,17,18,19). The summed E-state index contributed by atoms with van der Waals surface area (Å²) in [7, 11) is 2.09. The average Bonchev–Trinajstić information content (AvgIpc) is 3.01.